The van der Waals surface area contributed by atoms with Crippen LogP contribution < -0.4 is 4.90 Å². The fourth-order valence-electron chi connectivity index (χ4n) is 2.78. The predicted molar refractivity (Wildman–Crippen MR) is 78.5 cm³/mol. The maximum atomic E-state index is 2.48. The molecular weight excluding hydrogens is 218 g/mol. The lowest BCUT2D eigenvalue weighted by atomic mass is 9.94. The van der Waals surface area contributed by atoms with Crippen molar-refractivity contribution < 1.29 is 0 Å². The quantitative estimate of drug-likeness (QED) is 0.745. The Morgan fingerprint density at radius 3 is 2.39 bits per heavy atom. The molecule has 1 aliphatic heterocycles. The third-order valence-electron chi connectivity index (χ3n) is 3.83. The monoisotopic (exact) mass is 238 g/mol. The van der Waals surface area contributed by atoms with Gasteiger partial charge in [-0.25, -0.2) is 0 Å². The average molecular weight is 238 g/mol. The van der Waals surface area contributed by atoms with E-state index in [-0.39, 0.29) is 0 Å². The van der Waals surface area contributed by atoms with Gasteiger partial charge in [0.05, 0.1) is 0 Å². The van der Waals surface area contributed by atoms with Crippen LogP contribution in [0, 0.1) is 6.42 Å². The van der Waals surface area contributed by atoms with Crippen LogP contribution >= 0.6 is 0 Å². The van der Waals surface area contributed by atoms with E-state index < -0.39 is 0 Å². The number of hydrogen-bond acceptors (Lipinski definition) is 1. The Morgan fingerprint density at radius 1 is 1.00 bits per heavy atom. The van der Waals surface area contributed by atoms with Crippen molar-refractivity contribution in [1.29, 1.82) is 0 Å². The molecule has 0 bridgehead atoms. The number of benzene rings is 1. The molecule has 18 heavy (non-hydrogen) atoms. The van der Waals surface area contributed by atoms with Crippen molar-refractivity contribution >= 4 is 11.3 Å². The molecule has 1 aromatic carbocycles. The van der Waals surface area contributed by atoms with Crippen LogP contribution in [0.5, 0.6) is 0 Å². The number of allylic oxidation sites excluding steroid dienone is 4. The van der Waals surface area contributed by atoms with E-state index in [1.807, 2.05) is 0 Å². The molecule has 1 aliphatic carbocycles. The molecule has 2 aliphatic rings. The molecule has 3 rings (SSSR count). The zero-order chi connectivity index (χ0) is 12.4. The van der Waals surface area contributed by atoms with Crippen LogP contribution in [-0.4, -0.2) is 13.1 Å². The van der Waals surface area contributed by atoms with Gasteiger partial charge in [0.15, 0.2) is 0 Å². The summed E-state index contributed by atoms with van der Waals surface area (Å²) < 4.78 is 0. The largest absolute Gasteiger partial charge is 0.372 e. The SMILES string of the molecule is CC1=CC[CH]C(c2ccc(N3CCCC3)cc2)=C1. The van der Waals surface area contributed by atoms with Crippen molar-refractivity contribution in [3.05, 3.63) is 54.0 Å². The Hall–Kier alpha value is -1.50. The molecule has 93 valence electrons. The lowest BCUT2D eigenvalue weighted by molar-refractivity contribution is 0.949. The van der Waals surface area contributed by atoms with Gasteiger partial charge in [-0.05, 0) is 55.9 Å². The van der Waals surface area contributed by atoms with Crippen LogP contribution in [0.1, 0.15) is 31.7 Å². The molecule has 0 N–H and O–H groups in total. The zero-order valence-corrected chi connectivity index (χ0v) is 11.0. The van der Waals surface area contributed by atoms with Crippen LogP contribution in [0.15, 0.2) is 42.0 Å². The Bertz CT molecular complexity index is 473. The molecule has 1 nitrogen and oxygen atoms in total. The van der Waals surface area contributed by atoms with Gasteiger partial charge in [-0.2, -0.15) is 0 Å². The number of hydrogen-bond donors (Lipinski definition) is 0. The molecule has 1 heteroatoms. The summed E-state index contributed by atoms with van der Waals surface area (Å²) >= 11 is 0. The first-order valence-electron chi connectivity index (χ1n) is 6.90. The summed E-state index contributed by atoms with van der Waals surface area (Å²) in [6, 6.07) is 9.05. The van der Waals surface area contributed by atoms with E-state index in [1.54, 1.807) is 0 Å². The third kappa shape index (κ3) is 2.35. The molecule has 1 heterocycles. The second kappa shape index (κ2) is 5.01. The molecule has 1 fully saturated rings. The predicted octanol–water partition coefficient (Wildman–Crippen LogP) is 4.22. The van der Waals surface area contributed by atoms with E-state index >= 15 is 0 Å². The molecule has 0 spiro atoms. The number of rotatable bonds is 2. The summed E-state index contributed by atoms with van der Waals surface area (Å²) in [6.45, 7) is 4.61. The van der Waals surface area contributed by atoms with Gasteiger partial charge in [-0.15, -0.1) is 0 Å². The second-order valence-electron chi connectivity index (χ2n) is 5.23. The number of nitrogens with zero attached hydrogens (tertiary/aromatic N) is 1. The van der Waals surface area contributed by atoms with Crippen LogP contribution in [0.2, 0.25) is 0 Å². The molecule has 0 aromatic heterocycles. The molecule has 0 atom stereocenters. The van der Waals surface area contributed by atoms with Gasteiger partial charge in [0.1, 0.15) is 0 Å². The van der Waals surface area contributed by atoms with E-state index in [4.69, 9.17) is 0 Å². The van der Waals surface area contributed by atoms with Gasteiger partial charge in [0, 0.05) is 18.8 Å². The molecule has 1 saturated heterocycles. The van der Waals surface area contributed by atoms with Crippen LogP contribution in [0.25, 0.3) is 5.57 Å². The Balaban J connectivity index is 1.80. The van der Waals surface area contributed by atoms with Gasteiger partial charge in [-0.3, -0.25) is 0 Å². The highest BCUT2D eigenvalue weighted by Gasteiger charge is 2.12. The van der Waals surface area contributed by atoms with E-state index in [9.17, 15) is 0 Å². The first-order chi connectivity index (χ1) is 8.83. The zero-order valence-electron chi connectivity index (χ0n) is 11.0. The maximum Gasteiger partial charge on any atom is 0.0366 e. The van der Waals surface area contributed by atoms with E-state index in [2.05, 4.69) is 54.7 Å². The highest BCUT2D eigenvalue weighted by Crippen LogP contribution is 2.28. The van der Waals surface area contributed by atoms with Gasteiger partial charge >= 0.3 is 0 Å². The minimum Gasteiger partial charge on any atom is -0.372 e. The Labute approximate surface area is 110 Å². The molecule has 1 radical (unpaired) electrons. The fourth-order valence-corrected chi connectivity index (χ4v) is 2.78. The third-order valence-corrected chi connectivity index (χ3v) is 3.83. The molecule has 0 saturated carbocycles. The highest BCUT2D eigenvalue weighted by molar-refractivity contribution is 5.76. The van der Waals surface area contributed by atoms with E-state index in [0.29, 0.717) is 0 Å². The first-order valence-corrected chi connectivity index (χ1v) is 6.90. The summed E-state index contributed by atoms with van der Waals surface area (Å²) in [5.41, 5.74) is 5.45. The van der Waals surface area contributed by atoms with E-state index in [0.717, 1.165) is 6.42 Å². The number of anilines is 1. The summed E-state index contributed by atoms with van der Waals surface area (Å²) in [6.07, 6.45) is 10.6. The minimum absolute atomic E-state index is 1.06. The standard InChI is InChI=1S/C17H20N/c1-14-5-4-6-16(13-14)15-7-9-17(10-8-15)18-11-2-3-12-18/h5-10,13H,2-4,11-12H2,1H3. The molecule has 0 unspecified atom stereocenters. The molecule has 0 amide bonds. The molecular formula is C17H20N. The summed E-state index contributed by atoms with van der Waals surface area (Å²) in [7, 11) is 0. The fraction of sp³-hybridized carbons (Fsp3) is 0.353. The van der Waals surface area contributed by atoms with Crippen LogP contribution in [0.4, 0.5) is 5.69 Å². The van der Waals surface area contributed by atoms with Crippen molar-refractivity contribution in [3.8, 4) is 0 Å². The second-order valence-corrected chi connectivity index (χ2v) is 5.23. The lowest BCUT2D eigenvalue weighted by Gasteiger charge is -2.18. The average Bonchev–Trinajstić information content (AvgIpc) is 2.93. The van der Waals surface area contributed by atoms with Gasteiger partial charge in [0.25, 0.3) is 0 Å². The van der Waals surface area contributed by atoms with Crippen molar-refractivity contribution in [2.75, 3.05) is 18.0 Å². The smallest absolute Gasteiger partial charge is 0.0366 e. The van der Waals surface area contributed by atoms with Crippen molar-refractivity contribution in [2.24, 2.45) is 0 Å². The van der Waals surface area contributed by atoms with Crippen LogP contribution in [0.3, 0.4) is 0 Å². The summed E-state index contributed by atoms with van der Waals surface area (Å²) in [5, 5.41) is 0. The normalized spacial score (nSPS) is 19.7. The van der Waals surface area contributed by atoms with Gasteiger partial charge < -0.3 is 4.90 Å². The Kier molecular flexibility index (Phi) is 3.22. The lowest BCUT2D eigenvalue weighted by Crippen LogP contribution is -2.17. The maximum absolute atomic E-state index is 2.48. The van der Waals surface area contributed by atoms with Crippen LogP contribution in [-0.2, 0) is 0 Å². The highest BCUT2D eigenvalue weighted by atomic mass is 15.1. The molecule has 1 aromatic rings. The summed E-state index contributed by atoms with van der Waals surface area (Å²) in [4.78, 5) is 2.48. The Morgan fingerprint density at radius 2 is 1.72 bits per heavy atom. The summed E-state index contributed by atoms with van der Waals surface area (Å²) in [5.74, 6) is 0. The topological polar surface area (TPSA) is 3.24 Å². The van der Waals surface area contributed by atoms with Gasteiger partial charge in [0.2, 0.25) is 0 Å². The van der Waals surface area contributed by atoms with E-state index in [1.165, 1.54) is 48.3 Å². The van der Waals surface area contributed by atoms with Gasteiger partial charge in [-0.1, -0.05) is 29.9 Å². The van der Waals surface area contributed by atoms with Crippen molar-refractivity contribution in [2.45, 2.75) is 26.2 Å². The van der Waals surface area contributed by atoms with Crippen molar-refractivity contribution in [3.63, 3.8) is 0 Å². The minimum atomic E-state index is 1.06. The van der Waals surface area contributed by atoms with Crippen molar-refractivity contribution in [1.82, 2.24) is 0 Å². The first kappa shape index (κ1) is 11.6.